The lowest BCUT2D eigenvalue weighted by Gasteiger charge is -2.22. The Morgan fingerprint density at radius 2 is 2.00 bits per heavy atom. The molecule has 0 bridgehead atoms. The summed E-state index contributed by atoms with van der Waals surface area (Å²) in [7, 11) is 0. The third-order valence-electron chi connectivity index (χ3n) is 4.46. The van der Waals surface area contributed by atoms with Gasteiger partial charge in [0.2, 0.25) is 0 Å². The molecule has 2 N–H and O–H groups in total. The summed E-state index contributed by atoms with van der Waals surface area (Å²) in [4.78, 5) is 0. The van der Waals surface area contributed by atoms with E-state index < -0.39 is 0 Å². The van der Waals surface area contributed by atoms with Crippen LogP contribution in [-0.4, -0.2) is 4.57 Å². The summed E-state index contributed by atoms with van der Waals surface area (Å²) in [5, 5.41) is 1.17. The average molecular weight is 359 g/mol. The third kappa shape index (κ3) is 2.02. The number of nitrogens with two attached hydrogens (primary N) is 1. The molecule has 0 radical (unpaired) electrons. The second-order valence-electron chi connectivity index (χ2n) is 5.81. The topological polar surface area (TPSA) is 30.9 Å². The number of hydrogen-bond acceptors (Lipinski definition) is 1. The number of hydrogen-bond donors (Lipinski definition) is 1. The Labute approximate surface area is 136 Å². The summed E-state index contributed by atoms with van der Waals surface area (Å²) in [6.07, 6.45) is 3.02. The van der Waals surface area contributed by atoms with Gasteiger partial charge in [0, 0.05) is 21.6 Å². The van der Waals surface area contributed by atoms with Crippen LogP contribution in [0.25, 0.3) is 16.6 Å². The van der Waals surface area contributed by atoms with E-state index in [1.807, 2.05) is 28.8 Å². The second-order valence-corrected chi connectivity index (χ2v) is 6.73. The molecule has 2 nitrogen and oxygen atoms in total. The Hall–Kier alpha value is -1.65. The fourth-order valence-corrected chi connectivity index (χ4v) is 3.89. The third-order valence-corrected chi connectivity index (χ3v) is 4.95. The van der Waals surface area contributed by atoms with Gasteiger partial charge < -0.3 is 10.3 Å². The van der Waals surface area contributed by atoms with E-state index >= 15 is 0 Å². The van der Waals surface area contributed by atoms with Crippen molar-refractivity contribution in [2.45, 2.75) is 25.3 Å². The van der Waals surface area contributed by atoms with Gasteiger partial charge in [-0.15, -0.1) is 0 Å². The molecule has 0 amide bonds. The predicted octanol–water partition coefficient (Wildman–Crippen LogP) is 4.87. The summed E-state index contributed by atoms with van der Waals surface area (Å²) in [6, 6.07) is 13.0. The summed E-state index contributed by atoms with van der Waals surface area (Å²) < 4.78 is 17.4. The van der Waals surface area contributed by atoms with E-state index in [0.29, 0.717) is 5.69 Å². The van der Waals surface area contributed by atoms with Crippen LogP contribution in [0.3, 0.4) is 0 Å². The predicted molar refractivity (Wildman–Crippen MR) is 90.8 cm³/mol. The number of halogens is 2. The van der Waals surface area contributed by atoms with Crippen molar-refractivity contribution < 1.29 is 4.39 Å². The van der Waals surface area contributed by atoms with Gasteiger partial charge in [0.1, 0.15) is 5.82 Å². The molecule has 22 heavy (non-hydrogen) atoms. The van der Waals surface area contributed by atoms with Gasteiger partial charge in [0.05, 0.1) is 11.2 Å². The van der Waals surface area contributed by atoms with Gasteiger partial charge in [-0.3, -0.25) is 0 Å². The lowest BCUT2D eigenvalue weighted by molar-refractivity contribution is 0.546. The van der Waals surface area contributed by atoms with Gasteiger partial charge in [-0.05, 0) is 55.2 Å². The van der Waals surface area contributed by atoms with Crippen LogP contribution < -0.4 is 5.73 Å². The van der Waals surface area contributed by atoms with Crippen molar-refractivity contribution in [2.24, 2.45) is 5.73 Å². The number of aromatic nitrogens is 1. The van der Waals surface area contributed by atoms with Gasteiger partial charge >= 0.3 is 0 Å². The number of rotatable bonds is 1. The summed E-state index contributed by atoms with van der Waals surface area (Å²) >= 11 is 3.54. The van der Waals surface area contributed by atoms with Crippen LogP contribution in [0.5, 0.6) is 0 Å². The van der Waals surface area contributed by atoms with Crippen LogP contribution in [0.1, 0.15) is 30.1 Å². The molecule has 0 saturated carbocycles. The molecular weight excluding hydrogens is 343 g/mol. The summed E-state index contributed by atoms with van der Waals surface area (Å²) in [6.45, 7) is 0. The minimum Gasteiger partial charge on any atom is -0.323 e. The first kappa shape index (κ1) is 14.0. The van der Waals surface area contributed by atoms with Gasteiger partial charge in [-0.25, -0.2) is 4.39 Å². The zero-order chi connectivity index (χ0) is 15.3. The smallest absolute Gasteiger partial charge is 0.147 e. The normalized spacial score (nSPS) is 17.7. The SMILES string of the molecule is NC1CCCc2c1n(-c1ccccc1F)c1ccc(Br)cc21. The first-order valence-electron chi connectivity index (χ1n) is 7.50. The van der Waals surface area contributed by atoms with Crippen LogP contribution >= 0.6 is 15.9 Å². The van der Waals surface area contributed by atoms with Crippen molar-refractivity contribution in [2.75, 3.05) is 0 Å². The molecule has 0 fully saturated rings. The molecule has 4 rings (SSSR count). The fraction of sp³-hybridized carbons (Fsp3) is 0.222. The van der Waals surface area contributed by atoms with Crippen LogP contribution in [0, 0.1) is 5.82 Å². The molecule has 1 heterocycles. The average Bonchev–Trinajstić information content (AvgIpc) is 2.83. The Morgan fingerprint density at radius 1 is 1.18 bits per heavy atom. The molecule has 1 aliphatic rings. The van der Waals surface area contributed by atoms with Crippen molar-refractivity contribution >= 4 is 26.8 Å². The Balaban J connectivity index is 2.14. The molecule has 1 aliphatic carbocycles. The highest BCUT2D eigenvalue weighted by Gasteiger charge is 2.26. The van der Waals surface area contributed by atoms with Crippen LogP contribution in [0.15, 0.2) is 46.9 Å². The second kappa shape index (κ2) is 5.21. The Bertz CT molecular complexity index is 869. The number of aryl methyl sites for hydroxylation is 1. The number of fused-ring (bicyclic) bond motifs is 3. The number of para-hydroxylation sites is 1. The molecule has 0 aliphatic heterocycles. The molecule has 112 valence electrons. The molecule has 1 atom stereocenters. The lowest BCUT2D eigenvalue weighted by atomic mass is 9.92. The maximum absolute atomic E-state index is 14.4. The van der Waals surface area contributed by atoms with Gasteiger partial charge in [0.25, 0.3) is 0 Å². The molecule has 1 unspecified atom stereocenters. The van der Waals surface area contributed by atoms with E-state index in [-0.39, 0.29) is 11.9 Å². The molecule has 0 spiro atoms. The highest BCUT2D eigenvalue weighted by atomic mass is 79.9. The zero-order valence-electron chi connectivity index (χ0n) is 12.0. The van der Waals surface area contributed by atoms with Crippen LogP contribution in [0.2, 0.25) is 0 Å². The number of nitrogens with zero attached hydrogens (tertiary/aromatic N) is 1. The highest BCUT2D eigenvalue weighted by Crippen LogP contribution is 2.39. The lowest BCUT2D eigenvalue weighted by Crippen LogP contribution is -2.20. The monoisotopic (exact) mass is 358 g/mol. The quantitative estimate of drug-likeness (QED) is 0.660. The van der Waals surface area contributed by atoms with Gasteiger partial charge in [-0.1, -0.05) is 28.1 Å². The molecular formula is C18H16BrFN2. The first-order chi connectivity index (χ1) is 10.7. The van der Waals surface area contributed by atoms with Gasteiger partial charge in [0.15, 0.2) is 0 Å². The van der Waals surface area contributed by atoms with E-state index in [4.69, 9.17) is 5.73 Å². The van der Waals surface area contributed by atoms with E-state index in [2.05, 4.69) is 22.0 Å². The fourth-order valence-electron chi connectivity index (χ4n) is 3.53. The van der Waals surface area contributed by atoms with E-state index in [1.54, 1.807) is 6.07 Å². The zero-order valence-corrected chi connectivity index (χ0v) is 13.6. The molecule has 2 aromatic carbocycles. The molecule has 1 aromatic heterocycles. The Morgan fingerprint density at radius 3 is 2.82 bits per heavy atom. The van der Waals surface area contributed by atoms with Crippen molar-refractivity contribution in [1.82, 2.24) is 4.57 Å². The van der Waals surface area contributed by atoms with Crippen molar-refractivity contribution in [3.63, 3.8) is 0 Å². The molecule has 3 aromatic rings. The Kier molecular flexibility index (Phi) is 3.31. The standard InChI is InChI=1S/C18H16BrFN2/c19-11-8-9-16-13(10-11)12-4-3-6-15(21)18(12)22(16)17-7-2-1-5-14(17)20/h1-2,5,7-10,15H,3-4,6,21H2. The molecule has 0 saturated heterocycles. The minimum absolute atomic E-state index is 0.0467. The number of benzene rings is 2. The summed E-state index contributed by atoms with van der Waals surface area (Å²) in [5.74, 6) is -0.220. The highest BCUT2D eigenvalue weighted by molar-refractivity contribution is 9.10. The van der Waals surface area contributed by atoms with Crippen LogP contribution in [-0.2, 0) is 6.42 Å². The van der Waals surface area contributed by atoms with Crippen molar-refractivity contribution in [3.05, 3.63) is 64.0 Å². The van der Waals surface area contributed by atoms with E-state index in [1.165, 1.54) is 17.0 Å². The van der Waals surface area contributed by atoms with Crippen molar-refractivity contribution in [3.8, 4) is 5.69 Å². The van der Waals surface area contributed by atoms with E-state index in [0.717, 1.165) is 34.9 Å². The molecule has 4 heteroatoms. The largest absolute Gasteiger partial charge is 0.323 e. The first-order valence-corrected chi connectivity index (χ1v) is 8.29. The van der Waals surface area contributed by atoms with Gasteiger partial charge in [-0.2, -0.15) is 0 Å². The van der Waals surface area contributed by atoms with E-state index in [9.17, 15) is 4.39 Å². The van der Waals surface area contributed by atoms with Crippen LogP contribution in [0.4, 0.5) is 4.39 Å². The maximum atomic E-state index is 14.4. The maximum Gasteiger partial charge on any atom is 0.147 e. The van der Waals surface area contributed by atoms with Crippen molar-refractivity contribution in [1.29, 1.82) is 0 Å². The summed E-state index contributed by atoms with van der Waals surface area (Å²) in [5.41, 5.74) is 10.3. The minimum atomic E-state index is -0.220.